The Labute approximate surface area is 112 Å². The van der Waals surface area contributed by atoms with Crippen molar-refractivity contribution < 1.29 is 9.59 Å². The summed E-state index contributed by atoms with van der Waals surface area (Å²) in [6, 6.07) is 7.47. The van der Waals surface area contributed by atoms with E-state index in [0.717, 1.165) is 11.3 Å². The van der Waals surface area contributed by atoms with Crippen LogP contribution in [0.1, 0.15) is 18.9 Å². The first kappa shape index (κ1) is 13.2. The fraction of sp³-hybridized carbons (Fsp3) is 0.333. The van der Waals surface area contributed by atoms with Gasteiger partial charge in [-0.25, -0.2) is 0 Å². The molecular weight excluding hydrogens is 240 g/mol. The molecule has 1 heterocycles. The lowest BCUT2D eigenvalue weighted by atomic mass is 10.1. The molecule has 0 aromatic heterocycles. The van der Waals surface area contributed by atoms with Gasteiger partial charge in [0.25, 0.3) is 0 Å². The second-order valence-electron chi connectivity index (χ2n) is 4.72. The first-order valence-corrected chi connectivity index (χ1v) is 6.19. The van der Waals surface area contributed by atoms with E-state index in [9.17, 15) is 9.59 Å². The molecule has 1 fully saturated rings. The molecule has 4 heteroatoms. The van der Waals surface area contributed by atoms with Crippen LogP contribution in [0.5, 0.6) is 0 Å². The van der Waals surface area contributed by atoms with E-state index in [2.05, 4.69) is 11.2 Å². The Bertz CT molecular complexity index is 528. The van der Waals surface area contributed by atoms with Crippen LogP contribution in [0, 0.1) is 18.3 Å². The molecule has 1 unspecified atom stereocenters. The SMILES string of the molecule is C#CC1CC(=O)N(Cc2ccc(NC(C)=O)cc2)C1. The lowest BCUT2D eigenvalue weighted by Gasteiger charge is -2.16. The van der Waals surface area contributed by atoms with Crippen molar-refractivity contribution in [1.29, 1.82) is 0 Å². The number of carbonyl (C=O) groups is 2. The highest BCUT2D eigenvalue weighted by Crippen LogP contribution is 2.20. The topological polar surface area (TPSA) is 49.4 Å². The smallest absolute Gasteiger partial charge is 0.224 e. The molecule has 1 saturated heterocycles. The molecule has 0 aliphatic carbocycles. The third-order valence-corrected chi connectivity index (χ3v) is 3.10. The zero-order valence-electron chi connectivity index (χ0n) is 10.8. The Morgan fingerprint density at radius 3 is 2.68 bits per heavy atom. The van der Waals surface area contributed by atoms with Crippen molar-refractivity contribution >= 4 is 17.5 Å². The lowest BCUT2D eigenvalue weighted by molar-refractivity contribution is -0.128. The lowest BCUT2D eigenvalue weighted by Crippen LogP contribution is -2.24. The normalized spacial score (nSPS) is 18.2. The molecule has 0 radical (unpaired) electrons. The highest BCUT2D eigenvalue weighted by atomic mass is 16.2. The van der Waals surface area contributed by atoms with E-state index in [4.69, 9.17) is 6.42 Å². The molecule has 1 aliphatic rings. The number of rotatable bonds is 3. The third-order valence-electron chi connectivity index (χ3n) is 3.10. The minimum atomic E-state index is -0.0978. The molecule has 1 aliphatic heterocycles. The van der Waals surface area contributed by atoms with Gasteiger partial charge in [-0.3, -0.25) is 9.59 Å². The van der Waals surface area contributed by atoms with E-state index in [0.29, 0.717) is 19.5 Å². The second kappa shape index (κ2) is 5.57. The van der Waals surface area contributed by atoms with E-state index in [1.807, 2.05) is 24.3 Å². The summed E-state index contributed by atoms with van der Waals surface area (Å²) < 4.78 is 0. The summed E-state index contributed by atoms with van der Waals surface area (Å²) in [5, 5.41) is 2.70. The number of hydrogen-bond donors (Lipinski definition) is 1. The van der Waals surface area contributed by atoms with Gasteiger partial charge < -0.3 is 10.2 Å². The van der Waals surface area contributed by atoms with Crippen LogP contribution in [-0.2, 0) is 16.1 Å². The molecule has 0 spiro atoms. The maximum absolute atomic E-state index is 11.7. The Morgan fingerprint density at radius 1 is 1.47 bits per heavy atom. The third kappa shape index (κ3) is 3.35. The summed E-state index contributed by atoms with van der Waals surface area (Å²) in [6.07, 6.45) is 5.79. The number of benzene rings is 1. The summed E-state index contributed by atoms with van der Waals surface area (Å²) in [5.41, 5.74) is 1.78. The van der Waals surface area contributed by atoms with Crippen molar-refractivity contribution in [3.8, 4) is 12.3 Å². The number of terminal acetylenes is 1. The van der Waals surface area contributed by atoms with E-state index in [1.54, 1.807) is 4.90 Å². The van der Waals surface area contributed by atoms with E-state index < -0.39 is 0 Å². The zero-order chi connectivity index (χ0) is 13.8. The predicted molar refractivity (Wildman–Crippen MR) is 73.1 cm³/mol. The maximum atomic E-state index is 11.7. The molecule has 19 heavy (non-hydrogen) atoms. The van der Waals surface area contributed by atoms with Gasteiger partial charge in [-0.1, -0.05) is 12.1 Å². The van der Waals surface area contributed by atoms with Gasteiger partial charge in [-0.2, -0.15) is 0 Å². The zero-order valence-corrected chi connectivity index (χ0v) is 10.8. The highest BCUT2D eigenvalue weighted by Gasteiger charge is 2.27. The Morgan fingerprint density at radius 2 is 2.16 bits per heavy atom. The number of amides is 2. The molecule has 0 bridgehead atoms. The summed E-state index contributed by atoms with van der Waals surface area (Å²) in [5.74, 6) is 2.67. The number of anilines is 1. The molecule has 1 aromatic carbocycles. The number of likely N-dealkylation sites (tertiary alicyclic amines) is 1. The standard InChI is InChI=1S/C15H16N2O2/c1-3-12-8-15(19)17(9-12)10-13-4-6-14(7-5-13)16-11(2)18/h1,4-7,12H,8-10H2,2H3,(H,16,18). The van der Waals surface area contributed by atoms with Crippen molar-refractivity contribution in [2.24, 2.45) is 5.92 Å². The average Bonchev–Trinajstić information content (AvgIpc) is 2.72. The highest BCUT2D eigenvalue weighted by molar-refractivity contribution is 5.88. The molecule has 98 valence electrons. The molecule has 2 rings (SSSR count). The molecule has 1 N–H and O–H groups in total. The summed E-state index contributed by atoms with van der Waals surface area (Å²) in [7, 11) is 0. The monoisotopic (exact) mass is 256 g/mol. The Kier molecular flexibility index (Phi) is 3.86. The fourth-order valence-corrected chi connectivity index (χ4v) is 2.15. The van der Waals surface area contributed by atoms with Crippen molar-refractivity contribution in [2.45, 2.75) is 19.9 Å². The van der Waals surface area contributed by atoms with Crippen molar-refractivity contribution in [2.75, 3.05) is 11.9 Å². The minimum absolute atomic E-state index is 0.0335. The van der Waals surface area contributed by atoms with Gasteiger partial charge in [-0.05, 0) is 17.7 Å². The summed E-state index contributed by atoms with van der Waals surface area (Å²) in [4.78, 5) is 24.4. The quantitative estimate of drug-likeness (QED) is 0.836. The van der Waals surface area contributed by atoms with Gasteiger partial charge in [-0.15, -0.1) is 12.3 Å². The number of nitrogens with zero attached hydrogens (tertiary/aromatic N) is 1. The first-order valence-electron chi connectivity index (χ1n) is 6.19. The van der Waals surface area contributed by atoms with Gasteiger partial charge in [0.2, 0.25) is 11.8 Å². The van der Waals surface area contributed by atoms with Gasteiger partial charge in [0.1, 0.15) is 0 Å². The molecule has 2 amide bonds. The number of nitrogens with one attached hydrogen (secondary N) is 1. The van der Waals surface area contributed by atoms with Crippen LogP contribution < -0.4 is 5.32 Å². The van der Waals surface area contributed by atoms with Crippen molar-refractivity contribution in [3.05, 3.63) is 29.8 Å². The Balaban J connectivity index is 1.98. The van der Waals surface area contributed by atoms with Crippen LogP contribution in [-0.4, -0.2) is 23.3 Å². The van der Waals surface area contributed by atoms with Gasteiger partial charge in [0, 0.05) is 38.0 Å². The van der Waals surface area contributed by atoms with Crippen molar-refractivity contribution in [1.82, 2.24) is 4.90 Å². The first-order chi connectivity index (χ1) is 9.08. The molecular formula is C15H16N2O2. The summed E-state index contributed by atoms with van der Waals surface area (Å²) >= 11 is 0. The maximum Gasteiger partial charge on any atom is 0.224 e. The van der Waals surface area contributed by atoms with Crippen LogP contribution in [0.15, 0.2) is 24.3 Å². The molecule has 4 nitrogen and oxygen atoms in total. The van der Waals surface area contributed by atoms with Crippen LogP contribution in [0.4, 0.5) is 5.69 Å². The van der Waals surface area contributed by atoms with Crippen LogP contribution >= 0.6 is 0 Å². The van der Waals surface area contributed by atoms with E-state index >= 15 is 0 Å². The number of carbonyl (C=O) groups excluding carboxylic acids is 2. The van der Waals surface area contributed by atoms with Crippen LogP contribution in [0.3, 0.4) is 0 Å². The van der Waals surface area contributed by atoms with Gasteiger partial charge >= 0.3 is 0 Å². The van der Waals surface area contributed by atoms with Crippen LogP contribution in [0.25, 0.3) is 0 Å². The van der Waals surface area contributed by atoms with Crippen LogP contribution in [0.2, 0.25) is 0 Å². The van der Waals surface area contributed by atoms with Crippen molar-refractivity contribution in [3.63, 3.8) is 0 Å². The minimum Gasteiger partial charge on any atom is -0.337 e. The van der Waals surface area contributed by atoms with E-state index in [1.165, 1.54) is 6.92 Å². The average molecular weight is 256 g/mol. The molecule has 1 atom stereocenters. The predicted octanol–water partition coefficient (Wildman–Crippen LogP) is 1.63. The Hall–Kier alpha value is -2.28. The van der Waals surface area contributed by atoms with Gasteiger partial charge in [0.05, 0.1) is 0 Å². The second-order valence-corrected chi connectivity index (χ2v) is 4.72. The van der Waals surface area contributed by atoms with Gasteiger partial charge in [0.15, 0.2) is 0 Å². The van der Waals surface area contributed by atoms with E-state index in [-0.39, 0.29) is 17.7 Å². The largest absolute Gasteiger partial charge is 0.337 e. The number of hydrogen-bond acceptors (Lipinski definition) is 2. The fourth-order valence-electron chi connectivity index (χ4n) is 2.15. The molecule has 0 saturated carbocycles. The molecule has 1 aromatic rings. The summed E-state index contributed by atoms with van der Waals surface area (Å²) in [6.45, 7) is 2.66.